The molecule has 5 nitrogen and oxygen atoms in total. The van der Waals surface area contributed by atoms with Crippen molar-refractivity contribution in [1.29, 1.82) is 0 Å². The fourth-order valence-corrected chi connectivity index (χ4v) is 6.23. The summed E-state index contributed by atoms with van der Waals surface area (Å²) in [5.41, 5.74) is 0. The van der Waals surface area contributed by atoms with Crippen molar-refractivity contribution in [3.8, 4) is 0 Å². The van der Waals surface area contributed by atoms with Crippen LogP contribution in [0.3, 0.4) is 0 Å². The monoisotopic (exact) mass is 435 g/mol. The van der Waals surface area contributed by atoms with E-state index in [-0.39, 0.29) is 0 Å². The molecule has 0 spiro atoms. The minimum absolute atomic E-state index is 0.779. The summed E-state index contributed by atoms with van der Waals surface area (Å²) in [5, 5.41) is 10.3. The van der Waals surface area contributed by atoms with Gasteiger partial charge in [-0.3, -0.25) is 0 Å². The molecular formula is C26H53N5. The second kappa shape index (κ2) is 14.8. The van der Waals surface area contributed by atoms with E-state index in [0.29, 0.717) is 0 Å². The molecule has 182 valence electrons. The van der Waals surface area contributed by atoms with Gasteiger partial charge in [-0.1, -0.05) is 19.3 Å². The van der Waals surface area contributed by atoms with Crippen molar-refractivity contribution >= 4 is 0 Å². The second-order valence-electron chi connectivity index (χ2n) is 10.7. The van der Waals surface area contributed by atoms with E-state index < -0.39 is 0 Å². The van der Waals surface area contributed by atoms with E-state index in [1.807, 2.05) is 0 Å². The molecule has 4 heterocycles. The first-order chi connectivity index (χ1) is 15.3. The molecule has 1 aliphatic carbocycles. The minimum atomic E-state index is 0.779. The largest absolute Gasteiger partial charge is 0.317 e. The maximum absolute atomic E-state index is 3.62. The molecule has 2 unspecified atom stereocenters. The van der Waals surface area contributed by atoms with Crippen LogP contribution in [-0.4, -0.2) is 87.8 Å². The Hall–Kier alpha value is -0.200. The lowest BCUT2D eigenvalue weighted by Gasteiger charge is -2.36. The van der Waals surface area contributed by atoms with Crippen LogP contribution in [0.2, 0.25) is 0 Å². The summed E-state index contributed by atoms with van der Waals surface area (Å²) < 4.78 is 0. The first-order valence-electron chi connectivity index (χ1n) is 13.8. The molecule has 5 aliphatic rings. The Morgan fingerprint density at radius 1 is 0.677 bits per heavy atom. The van der Waals surface area contributed by atoms with E-state index in [9.17, 15) is 0 Å². The Morgan fingerprint density at radius 2 is 1.35 bits per heavy atom. The van der Waals surface area contributed by atoms with Crippen molar-refractivity contribution in [3.63, 3.8) is 0 Å². The molecule has 5 fully saturated rings. The smallest absolute Gasteiger partial charge is 0.0119 e. The number of nitrogens with zero attached hydrogens (tertiary/aromatic N) is 2. The summed E-state index contributed by atoms with van der Waals surface area (Å²) in [7, 11) is 4.24. The Labute approximate surface area is 193 Å². The highest BCUT2D eigenvalue weighted by Crippen LogP contribution is 2.30. The van der Waals surface area contributed by atoms with E-state index in [1.54, 1.807) is 0 Å². The van der Waals surface area contributed by atoms with Crippen molar-refractivity contribution in [2.24, 2.45) is 5.92 Å². The van der Waals surface area contributed by atoms with Gasteiger partial charge in [0.2, 0.25) is 0 Å². The van der Waals surface area contributed by atoms with Crippen LogP contribution in [0, 0.1) is 5.92 Å². The SMILES string of the molecule is C1CCC2NCCCC2C1.C1CCN(C2CCNCC2)CC1.CNC1CCN(C)CC1. The molecule has 5 heteroatoms. The first-order valence-corrected chi connectivity index (χ1v) is 13.8. The predicted octanol–water partition coefficient (Wildman–Crippen LogP) is 3.45. The molecule has 3 N–H and O–H groups in total. The quantitative estimate of drug-likeness (QED) is 0.620. The fraction of sp³-hybridized carbons (Fsp3) is 1.00. The molecule has 1 saturated carbocycles. The molecule has 5 rings (SSSR count). The van der Waals surface area contributed by atoms with Crippen molar-refractivity contribution in [2.45, 2.75) is 102 Å². The first kappa shape index (κ1) is 25.4. The molecular weight excluding hydrogens is 382 g/mol. The van der Waals surface area contributed by atoms with Crippen LogP contribution >= 0.6 is 0 Å². The molecule has 2 atom stereocenters. The van der Waals surface area contributed by atoms with Crippen molar-refractivity contribution in [1.82, 2.24) is 25.8 Å². The van der Waals surface area contributed by atoms with Gasteiger partial charge in [-0.15, -0.1) is 0 Å². The Morgan fingerprint density at radius 3 is 2.03 bits per heavy atom. The molecule has 4 aliphatic heterocycles. The highest BCUT2D eigenvalue weighted by Gasteiger charge is 2.26. The Balaban J connectivity index is 0.000000133. The average molecular weight is 436 g/mol. The van der Waals surface area contributed by atoms with Crippen molar-refractivity contribution < 1.29 is 0 Å². The minimum Gasteiger partial charge on any atom is -0.317 e. The zero-order chi connectivity index (χ0) is 21.7. The standard InChI is InChI=1S/C10H20N2.C9H17N.C7H16N2/c1-2-8-12(9-3-1)10-4-6-11-7-5-10;1-2-6-9-8(4-1)5-3-7-10-9;1-8-7-3-5-9(2)6-4-7/h10-11H,1-9H2;8-10H,1-7H2;7-8H,3-6H2,1-2H3. The number of fused-ring (bicyclic) bond motifs is 1. The van der Waals surface area contributed by atoms with E-state index in [2.05, 4.69) is 39.8 Å². The van der Waals surface area contributed by atoms with E-state index in [1.165, 1.54) is 129 Å². The lowest BCUT2D eigenvalue weighted by Crippen LogP contribution is -2.45. The number of likely N-dealkylation sites (tertiary alicyclic amines) is 2. The number of piperidine rings is 4. The summed E-state index contributed by atoms with van der Waals surface area (Å²) in [4.78, 5) is 5.10. The summed E-state index contributed by atoms with van der Waals surface area (Å²) in [6.07, 6.45) is 18.5. The van der Waals surface area contributed by atoms with Gasteiger partial charge in [-0.25, -0.2) is 0 Å². The van der Waals surface area contributed by atoms with E-state index in [0.717, 1.165) is 24.0 Å². The summed E-state index contributed by atoms with van der Waals surface area (Å²) >= 11 is 0. The fourth-order valence-electron chi connectivity index (χ4n) is 6.23. The molecule has 0 amide bonds. The van der Waals surface area contributed by atoms with Crippen molar-refractivity contribution in [3.05, 3.63) is 0 Å². The van der Waals surface area contributed by atoms with Gasteiger partial charge in [0.1, 0.15) is 0 Å². The average Bonchev–Trinajstić information content (AvgIpc) is 2.86. The maximum atomic E-state index is 3.62. The molecule has 0 aromatic heterocycles. The van der Waals surface area contributed by atoms with Gasteiger partial charge in [-0.2, -0.15) is 0 Å². The molecule has 0 bridgehead atoms. The van der Waals surface area contributed by atoms with Gasteiger partial charge >= 0.3 is 0 Å². The van der Waals surface area contributed by atoms with Crippen LogP contribution in [0.25, 0.3) is 0 Å². The van der Waals surface area contributed by atoms with Crippen LogP contribution in [0.15, 0.2) is 0 Å². The van der Waals surface area contributed by atoms with Crippen LogP contribution in [0.5, 0.6) is 0 Å². The van der Waals surface area contributed by atoms with Crippen LogP contribution < -0.4 is 16.0 Å². The molecule has 0 aromatic carbocycles. The third-order valence-electron chi connectivity index (χ3n) is 8.41. The lowest BCUT2D eigenvalue weighted by atomic mass is 9.80. The second-order valence-corrected chi connectivity index (χ2v) is 10.7. The normalized spacial score (nSPS) is 31.5. The Bertz CT molecular complexity index is 397. The van der Waals surface area contributed by atoms with E-state index >= 15 is 0 Å². The van der Waals surface area contributed by atoms with Crippen molar-refractivity contribution in [2.75, 3.05) is 59.9 Å². The van der Waals surface area contributed by atoms with Gasteiger partial charge in [0, 0.05) is 18.1 Å². The van der Waals surface area contributed by atoms with Crippen LogP contribution in [0.4, 0.5) is 0 Å². The number of hydrogen-bond acceptors (Lipinski definition) is 5. The lowest BCUT2D eigenvalue weighted by molar-refractivity contribution is 0.136. The summed E-state index contributed by atoms with van der Waals surface area (Å²) in [6, 6.07) is 2.59. The topological polar surface area (TPSA) is 42.6 Å². The highest BCUT2D eigenvalue weighted by atomic mass is 15.2. The van der Waals surface area contributed by atoms with Gasteiger partial charge in [0.15, 0.2) is 0 Å². The molecule has 4 saturated heterocycles. The number of hydrogen-bond donors (Lipinski definition) is 3. The number of rotatable bonds is 2. The Kier molecular flexibility index (Phi) is 12.2. The van der Waals surface area contributed by atoms with E-state index in [4.69, 9.17) is 0 Å². The van der Waals surface area contributed by atoms with Gasteiger partial charge in [-0.05, 0) is 130 Å². The molecule has 31 heavy (non-hydrogen) atoms. The van der Waals surface area contributed by atoms with Crippen LogP contribution in [0.1, 0.15) is 83.5 Å². The highest BCUT2D eigenvalue weighted by molar-refractivity contribution is 4.84. The third-order valence-corrected chi connectivity index (χ3v) is 8.41. The van der Waals surface area contributed by atoms with Gasteiger partial charge in [0.25, 0.3) is 0 Å². The zero-order valence-electron chi connectivity index (χ0n) is 20.8. The summed E-state index contributed by atoms with van der Waals surface area (Å²) in [6.45, 7) is 9.00. The van der Waals surface area contributed by atoms with Gasteiger partial charge < -0.3 is 25.8 Å². The van der Waals surface area contributed by atoms with Crippen LogP contribution in [-0.2, 0) is 0 Å². The molecule has 0 aromatic rings. The predicted molar refractivity (Wildman–Crippen MR) is 134 cm³/mol. The maximum Gasteiger partial charge on any atom is 0.0119 e. The number of nitrogens with one attached hydrogen (secondary N) is 3. The zero-order valence-corrected chi connectivity index (χ0v) is 20.8. The van der Waals surface area contributed by atoms with Gasteiger partial charge in [0.05, 0.1) is 0 Å². The third kappa shape index (κ3) is 9.29. The molecule has 0 radical (unpaired) electrons. The summed E-state index contributed by atoms with van der Waals surface area (Å²) in [5.74, 6) is 1.04.